The van der Waals surface area contributed by atoms with Crippen molar-refractivity contribution in [2.24, 2.45) is 7.05 Å². The van der Waals surface area contributed by atoms with Crippen molar-refractivity contribution in [3.05, 3.63) is 23.5 Å². The number of nitrogens with one attached hydrogen (secondary N) is 1. The van der Waals surface area contributed by atoms with E-state index in [2.05, 4.69) is 25.2 Å². The van der Waals surface area contributed by atoms with Crippen LogP contribution in [-0.4, -0.2) is 24.5 Å². The molecule has 2 aromatic rings. The van der Waals surface area contributed by atoms with Gasteiger partial charge >= 0.3 is 0 Å². The highest BCUT2D eigenvalue weighted by Gasteiger charge is 2.15. The molecule has 0 radical (unpaired) electrons. The minimum Gasteiger partial charge on any atom is -0.375 e. The van der Waals surface area contributed by atoms with Gasteiger partial charge in [-0.3, -0.25) is 4.68 Å². The maximum Gasteiger partial charge on any atom is 0.152 e. The van der Waals surface area contributed by atoms with Gasteiger partial charge in [-0.2, -0.15) is 5.10 Å². The Balaban J connectivity index is 1.73. The van der Waals surface area contributed by atoms with Gasteiger partial charge in [-0.25, -0.2) is 0 Å². The lowest BCUT2D eigenvalue weighted by Gasteiger charge is -2.14. The van der Waals surface area contributed by atoms with Crippen molar-refractivity contribution >= 4 is 5.69 Å². The number of aromatic nitrogens is 5. The molecule has 0 aliphatic carbocycles. The van der Waals surface area contributed by atoms with Gasteiger partial charge in [-0.1, -0.05) is 0 Å². The minimum absolute atomic E-state index is 0.708. The third kappa shape index (κ3) is 1.98. The highest BCUT2D eigenvalue weighted by Crippen LogP contribution is 2.16. The maximum atomic E-state index is 4.31. The van der Waals surface area contributed by atoms with E-state index in [-0.39, 0.29) is 0 Å². The van der Waals surface area contributed by atoms with Crippen LogP contribution in [0, 0.1) is 6.92 Å². The fraction of sp³-hybridized carbons (Fsp3) is 0.583. The molecule has 96 valence electrons. The van der Waals surface area contributed by atoms with Crippen LogP contribution in [0.25, 0.3) is 0 Å². The van der Waals surface area contributed by atoms with E-state index in [0.717, 1.165) is 36.0 Å². The van der Waals surface area contributed by atoms with Crippen LogP contribution < -0.4 is 5.32 Å². The van der Waals surface area contributed by atoms with Gasteiger partial charge in [0.2, 0.25) is 0 Å². The van der Waals surface area contributed by atoms with Gasteiger partial charge in [0.05, 0.1) is 17.9 Å². The van der Waals surface area contributed by atoms with Crippen LogP contribution in [0.4, 0.5) is 5.69 Å². The molecule has 0 bridgehead atoms. The molecule has 1 N–H and O–H groups in total. The van der Waals surface area contributed by atoms with Gasteiger partial charge < -0.3 is 9.88 Å². The van der Waals surface area contributed by atoms with Crippen LogP contribution in [0.2, 0.25) is 0 Å². The van der Waals surface area contributed by atoms with Gasteiger partial charge in [-0.05, 0) is 19.8 Å². The monoisotopic (exact) mass is 246 g/mol. The van der Waals surface area contributed by atoms with Crippen molar-refractivity contribution in [3.63, 3.8) is 0 Å². The molecule has 3 heterocycles. The first kappa shape index (κ1) is 11.3. The van der Waals surface area contributed by atoms with Crippen molar-refractivity contribution in [1.29, 1.82) is 0 Å². The van der Waals surface area contributed by atoms with Gasteiger partial charge in [0.15, 0.2) is 5.82 Å². The molecule has 0 spiro atoms. The highest BCUT2D eigenvalue weighted by atomic mass is 15.3. The number of hydrogen-bond donors (Lipinski definition) is 1. The molecule has 6 nitrogen and oxygen atoms in total. The normalized spacial score (nSPS) is 14.6. The van der Waals surface area contributed by atoms with E-state index >= 15 is 0 Å². The van der Waals surface area contributed by atoms with Gasteiger partial charge in [0, 0.05) is 26.2 Å². The van der Waals surface area contributed by atoms with E-state index < -0.39 is 0 Å². The molecule has 1 aliphatic heterocycles. The predicted octanol–water partition coefficient (Wildman–Crippen LogP) is 1.27. The Labute approximate surface area is 106 Å². The summed E-state index contributed by atoms with van der Waals surface area (Å²) in [5, 5.41) is 16.2. The molecule has 2 aromatic heterocycles. The summed E-state index contributed by atoms with van der Waals surface area (Å²) in [7, 11) is 1.93. The summed E-state index contributed by atoms with van der Waals surface area (Å²) < 4.78 is 4.05. The number of aryl methyl sites for hydroxylation is 3. The fourth-order valence-corrected chi connectivity index (χ4v) is 2.45. The smallest absolute Gasteiger partial charge is 0.152 e. The first-order chi connectivity index (χ1) is 8.74. The molecule has 0 fully saturated rings. The molecule has 6 heteroatoms. The fourth-order valence-electron chi connectivity index (χ4n) is 2.45. The zero-order valence-corrected chi connectivity index (χ0v) is 10.8. The van der Waals surface area contributed by atoms with E-state index in [9.17, 15) is 0 Å². The van der Waals surface area contributed by atoms with Crippen molar-refractivity contribution in [1.82, 2.24) is 24.5 Å². The molecule has 0 atom stereocenters. The summed E-state index contributed by atoms with van der Waals surface area (Å²) >= 11 is 0. The first-order valence-electron chi connectivity index (χ1n) is 6.39. The summed E-state index contributed by atoms with van der Waals surface area (Å²) in [6, 6.07) is 0. The summed E-state index contributed by atoms with van der Waals surface area (Å²) in [5.41, 5.74) is 2.07. The van der Waals surface area contributed by atoms with Gasteiger partial charge in [0.1, 0.15) is 5.82 Å². The van der Waals surface area contributed by atoms with E-state index in [0.29, 0.717) is 6.54 Å². The Bertz CT molecular complexity index is 553. The van der Waals surface area contributed by atoms with Crippen molar-refractivity contribution in [2.75, 3.05) is 5.32 Å². The molecule has 3 rings (SSSR count). The molecule has 0 amide bonds. The predicted molar refractivity (Wildman–Crippen MR) is 68.2 cm³/mol. The summed E-state index contributed by atoms with van der Waals surface area (Å²) in [6.07, 6.45) is 5.50. The zero-order chi connectivity index (χ0) is 12.5. The van der Waals surface area contributed by atoms with Crippen LogP contribution in [0.3, 0.4) is 0 Å². The van der Waals surface area contributed by atoms with E-state index in [1.54, 1.807) is 0 Å². The molecule has 0 unspecified atom stereocenters. The Kier molecular flexibility index (Phi) is 2.77. The van der Waals surface area contributed by atoms with E-state index in [4.69, 9.17) is 0 Å². The summed E-state index contributed by atoms with van der Waals surface area (Å²) in [5.74, 6) is 2.15. The second-order valence-corrected chi connectivity index (χ2v) is 4.80. The average Bonchev–Trinajstić information content (AvgIpc) is 2.90. The van der Waals surface area contributed by atoms with Gasteiger partial charge in [-0.15, -0.1) is 10.2 Å². The molecule has 0 aromatic carbocycles. The standard InChI is InChI=1S/C12H18N6/c1-9-10(8-17(2)16-9)13-7-12-15-14-11-5-3-4-6-18(11)12/h8,13H,3-7H2,1-2H3. The Morgan fingerprint density at radius 3 is 3.00 bits per heavy atom. The highest BCUT2D eigenvalue weighted by molar-refractivity contribution is 5.45. The van der Waals surface area contributed by atoms with Crippen LogP contribution in [0.5, 0.6) is 0 Å². The second kappa shape index (κ2) is 4.44. The average molecular weight is 246 g/mol. The number of anilines is 1. The number of hydrogen-bond acceptors (Lipinski definition) is 4. The lowest BCUT2D eigenvalue weighted by Crippen LogP contribution is -2.15. The Hall–Kier alpha value is -1.85. The molecule has 0 saturated carbocycles. The number of nitrogens with zero attached hydrogens (tertiary/aromatic N) is 5. The van der Waals surface area contributed by atoms with Crippen molar-refractivity contribution in [2.45, 2.75) is 39.3 Å². The van der Waals surface area contributed by atoms with Gasteiger partial charge in [0.25, 0.3) is 0 Å². The second-order valence-electron chi connectivity index (χ2n) is 4.80. The largest absolute Gasteiger partial charge is 0.375 e. The Morgan fingerprint density at radius 1 is 1.33 bits per heavy atom. The maximum absolute atomic E-state index is 4.31. The van der Waals surface area contributed by atoms with Crippen LogP contribution in [-0.2, 0) is 26.6 Å². The van der Waals surface area contributed by atoms with Crippen molar-refractivity contribution < 1.29 is 0 Å². The quantitative estimate of drug-likeness (QED) is 0.886. The Morgan fingerprint density at radius 2 is 2.22 bits per heavy atom. The topological polar surface area (TPSA) is 60.6 Å². The van der Waals surface area contributed by atoms with Crippen LogP contribution >= 0.6 is 0 Å². The SMILES string of the molecule is Cc1nn(C)cc1NCc1nnc2n1CCCC2. The van der Waals surface area contributed by atoms with Crippen LogP contribution in [0.15, 0.2) is 6.20 Å². The molecule has 1 aliphatic rings. The van der Waals surface area contributed by atoms with E-state index in [1.165, 1.54) is 12.8 Å². The molecular formula is C12H18N6. The molecule has 18 heavy (non-hydrogen) atoms. The number of fused-ring (bicyclic) bond motifs is 1. The summed E-state index contributed by atoms with van der Waals surface area (Å²) in [6.45, 7) is 3.76. The lowest BCUT2D eigenvalue weighted by atomic mass is 10.2. The third-order valence-corrected chi connectivity index (χ3v) is 3.39. The lowest BCUT2D eigenvalue weighted by molar-refractivity contribution is 0.510. The summed E-state index contributed by atoms with van der Waals surface area (Å²) in [4.78, 5) is 0. The number of rotatable bonds is 3. The van der Waals surface area contributed by atoms with Crippen LogP contribution in [0.1, 0.15) is 30.2 Å². The zero-order valence-electron chi connectivity index (χ0n) is 10.8. The molecular weight excluding hydrogens is 228 g/mol. The molecule has 0 saturated heterocycles. The first-order valence-corrected chi connectivity index (χ1v) is 6.39. The van der Waals surface area contributed by atoms with Crippen molar-refractivity contribution in [3.8, 4) is 0 Å². The third-order valence-electron chi connectivity index (χ3n) is 3.39. The minimum atomic E-state index is 0.708. The van der Waals surface area contributed by atoms with E-state index in [1.807, 2.05) is 24.9 Å².